The van der Waals surface area contributed by atoms with Gasteiger partial charge < -0.3 is 15.4 Å². The minimum absolute atomic E-state index is 0.223. The van der Waals surface area contributed by atoms with E-state index in [1.165, 1.54) is 0 Å². The molecule has 1 atom stereocenters. The third kappa shape index (κ3) is 4.07. The monoisotopic (exact) mass is 234 g/mol. The van der Waals surface area contributed by atoms with E-state index in [4.69, 9.17) is 4.74 Å². The molecular formula is C13H18N2O2. The molecule has 92 valence electrons. The Hall–Kier alpha value is -1.55. The molecule has 1 fully saturated rings. The quantitative estimate of drug-likeness (QED) is 0.822. The standard InChI is InChI=1S/C13H18N2O2/c16-13(17-12-6-2-1-3-7-12)15-11-5-4-9-14-10-8-11/h1-3,6-7,11,14H,4-5,8-10H2,(H,15,16). The Bertz CT molecular complexity index is 346. The van der Waals surface area contributed by atoms with Crippen LogP contribution < -0.4 is 15.4 Å². The van der Waals surface area contributed by atoms with Gasteiger partial charge in [0.2, 0.25) is 0 Å². The zero-order valence-corrected chi connectivity index (χ0v) is 9.82. The lowest BCUT2D eigenvalue weighted by atomic mass is 10.1. The maximum absolute atomic E-state index is 11.6. The molecule has 1 aromatic carbocycles. The SMILES string of the molecule is O=C(NC1CCCNCC1)Oc1ccccc1. The Morgan fingerprint density at radius 1 is 1.24 bits per heavy atom. The van der Waals surface area contributed by atoms with E-state index in [1.54, 1.807) is 12.1 Å². The highest BCUT2D eigenvalue weighted by Gasteiger charge is 2.15. The molecule has 0 spiro atoms. The summed E-state index contributed by atoms with van der Waals surface area (Å²) in [4.78, 5) is 11.6. The van der Waals surface area contributed by atoms with Crippen molar-refractivity contribution in [2.45, 2.75) is 25.3 Å². The van der Waals surface area contributed by atoms with Gasteiger partial charge in [0.25, 0.3) is 0 Å². The second-order valence-corrected chi connectivity index (χ2v) is 4.22. The Balaban J connectivity index is 1.80. The van der Waals surface area contributed by atoms with Crippen molar-refractivity contribution < 1.29 is 9.53 Å². The Morgan fingerprint density at radius 2 is 2.06 bits per heavy atom. The van der Waals surface area contributed by atoms with Gasteiger partial charge in [0.15, 0.2) is 0 Å². The molecule has 1 aliphatic heterocycles. The van der Waals surface area contributed by atoms with Gasteiger partial charge >= 0.3 is 6.09 Å². The summed E-state index contributed by atoms with van der Waals surface area (Å²) in [5, 5.41) is 6.21. The molecule has 1 saturated heterocycles. The Morgan fingerprint density at radius 3 is 2.88 bits per heavy atom. The van der Waals surface area contributed by atoms with Gasteiger partial charge in [-0.2, -0.15) is 0 Å². The number of amides is 1. The molecule has 2 rings (SSSR count). The van der Waals surface area contributed by atoms with Crippen LogP contribution in [0, 0.1) is 0 Å². The smallest absolute Gasteiger partial charge is 0.410 e. The first-order valence-corrected chi connectivity index (χ1v) is 6.09. The summed E-state index contributed by atoms with van der Waals surface area (Å²) in [6.45, 7) is 1.99. The van der Waals surface area contributed by atoms with Gasteiger partial charge in [-0.15, -0.1) is 0 Å². The Kier molecular flexibility index (Phi) is 4.38. The number of carbonyl (C=O) groups excluding carboxylic acids is 1. The second kappa shape index (κ2) is 6.25. The lowest BCUT2D eigenvalue weighted by molar-refractivity contribution is 0.195. The van der Waals surface area contributed by atoms with Crippen LogP contribution in [0.4, 0.5) is 4.79 Å². The van der Waals surface area contributed by atoms with Crippen LogP contribution in [0.25, 0.3) is 0 Å². The molecule has 2 N–H and O–H groups in total. The third-order valence-corrected chi connectivity index (χ3v) is 2.85. The molecule has 0 aromatic heterocycles. The van der Waals surface area contributed by atoms with Crippen LogP contribution in [0.3, 0.4) is 0 Å². The van der Waals surface area contributed by atoms with Crippen molar-refractivity contribution in [1.29, 1.82) is 0 Å². The lowest BCUT2D eigenvalue weighted by Gasteiger charge is -2.15. The largest absolute Gasteiger partial charge is 0.412 e. The minimum Gasteiger partial charge on any atom is -0.410 e. The summed E-state index contributed by atoms with van der Waals surface area (Å²) >= 11 is 0. The van der Waals surface area contributed by atoms with Crippen LogP contribution in [0.5, 0.6) is 5.75 Å². The first-order valence-electron chi connectivity index (χ1n) is 6.09. The van der Waals surface area contributed by atoms with Crippen molar-refractivity contribution in [3.05, 3.63) is 30.3 Å². The molecule has 1 aliphatic rings. The van der Waals surface area contributed by atoms with E-state index in [0.717, 1.165) is 32.4 Å². The number of rotatable bonds is 2. The molecule has 1 aromatic rings. The predicted molar refractivity (Wildman–Crippen MR) is 66.1 cm³/mol. The van der Waals surface area contributed by atoms with Crippen molar-refractivity contribution >= 4 is 6.09 Å². The fourth-order valence-corrected chi connectivity index (χ4v) is 1.96. The average Bonchev–Trinajstić information content (AvgIpc) is 2.59. The fourth-order valence-electron chi connectivity index (χ4n) is 1.96. The highest BCUT2D eigenvalue weighted by molar-refractivity contribution is 5.70. The van der Waals surface area contributed by atoms with Crippen molar-refractivity contribution in [2.75, 3.05) is 13.1 Å². The molecule has 1 unspecified atom stereocenters. The van der Waals surface area contributed by atoms with Crippen molar-refractivity contribution in [2.24, 2.45) is 0 Å². The van der Waals surface area contributed by atoms with Crippen molar-refractivity contribution in [3.63, 3.8) is 0 Å². The summed E-state index contributed by atoms with van der Waals surface area (Å²) in [5.74, 6) is 0.580. The molecule has 1 amide bonds. The zero-order chi connectivity index (χ0) is 11.9. The van der Waals surface area contributed by atoms with Gasteiger partial charge in [0.05, 0.1) is 0 Å². The fraction of sp³-hybridized carbons (Fsp3) is 0.462. The summed E-state index contributed by atoms with van der Waals surface area (Å²) in [6, 6.07) is 9.35. The van der Waals surface area contributed by atoms with E-state index in [9.17, 15) is 4.79 Å². The number of carbonyl (C=O) groups is 1. The molecule has 4 nitrogen and oxygen atoms in total. The number of nitrogens with one attached hydrogen (secondary N) is 2. The summed E-state index contributed by atoms with van der Waals surface area (Å²) in [5.41, 5.74) is 0. The van der Waals surface area contributed by atoms with Gasteiger partial charge in [-0.1, -0.05) is 18.2 Å². The summed E-state index contributed by atoms with van der Waals surface area (Å²) < 4.78 is 5.19. The molecule has 0 saturated carbocycles. The van der Waals surface area contributed by atoms with Crippen LogP contribution in [-0.4, -0.2) is 25.2 Å². The van der Waals surface area contributed by atoms with E-state index in [2.05, 4.69) is 10.6 Å². The van der Waals surface area contributed by atoms with E-state index in [-0.39, 0.29) is 12.1 Å². The maximum Gasteiger partial charge on any atom is 0.412 e. The Labute approximate surface area is 101 Å². The van der Waals surface area contributed by atoms with Crippen LogP contribution in [0.1, 0.15) is 19.3 Å². The van der Waals surface area contributed by atoms with Crippen LogP contribution in [0.2, 0.25) is 0 Å². The van der Waals surface area contributed by atoms with Gasteiger partial charge in [0.1, 0.15) is 5.75 Å². The number of hydrogen-bond donors (Lipinski definition) is 2. The van der Waals surface area contributed by atoms with E-state index in [0.29, 0.717) is 5.75 Å². The molecule has 17 heavy (non-hydrogen) atoms. The highest BCUT2D eigenvalue weighted by Crippen LogP contribution is 2.10. The number of hydrogen-bond acceptors (Lipinski definition) is 3. The molecule has 4 heteroatoms. The predicted octanol–water partition coefficient (Wildman–Crippen LogP) is 1.92. The van der Waals surface area contributed by atoms with E-state index < -0.39 is 0 Å². The maximum atomic E-state index is 11.6. The molecule has 0 radical (unpaired) electrons. The van der Waals surface area contributed by atoms with Gasteiger partial charge in [-0.3, -0.25) is 0 Å². The zero-order valence-electron chi connectivity index (χ0n) is 9.82. The molecular weight excluding hydrogens is 216 g/mol. The second-order valence-electron chi connectivity index (χ2n) is 4.22. The number of benzene rings is 1. The first-order chi connectivity index (χ1) is 8.34. The number of para-hydroxylation sites is 1. The summed E-state index contributed by atoms with van der Waals surface area (Å²) in [7, 11) is 0. The highest BCUT2D eigenvalue weighted by atomic mass is 16.6. The van der Waals surface area contributed by atoms with Crippen molar-refractivity contribution in [1.82, 2.24) is 10.6 Å². The van der Waals surface area contributed by atoms with Crippen LogP contribution >= 0.6 is 0 Å². The van der Waals surface area contributed by atoms with E-state index >= 15 is 0 Å². The van der Waals surface area contributed by atoms with Crippen molar-refractivity contribution in [3.8, 4) is 5.75 Å². The molecule has 0 bridgehead atoms. The van der Waals surface area contributed by atoms with Crippen LogP contribution in [-0.2, 0) is 0 Å². The molecule has 0 aliphatic carbocycles. The topological polar surface area (TPSA) is 50.4 Å². The summed E-state index contributed by atoms with van der Waals surface area (Å²) in [6.07, 6.45) is 2.71. The average molecular weight is 234 g/mol. The van der Waals surface area contributed by atoms with Crippen LogP contribution in [0.15, 0.2) is 30.3 Å². The molecule has 1 heterocycles. The third-order valence-electron chi connectivity index (χ3n) is 2.85. The van der Waals surface area contributed by atoms with Gasteiger partial charge in [-0.05, 0) is 44.5 Å². The van der Waals surface area contributed by atoms with Gasteiger partial charge in [0, 0.05) is 6.04 Å². The van der Waals surface area contributed by atoms with Gasteiger partial charge in [-0.25, -0.2) is 4.79 Å². The number of ether oxygens (including phenoxy) is 1. The lowest BCUT2D eigenvalue weighted by Crippen LogP contribution is -2.37. The first kappa shape index (κ1) is 11.9. The van der Waals surface area contributed by atoms with E-state index in [1.807, 2.05) is 18.2 Å². The normalized spacial score (nSPS) is 20.4. The minimum atomic E-state index is -0.358.